The smallest absolute Gasteiger partial charge is 0.00489 e. The number of unbranched alkanes of at least 4 members (excludes halogenated alkanes) is 6. The molecule has 0 aromatic heterocycles. The Morgan fingerprint density at radius 2 is 1.36 bits per heavy atom. The first-order valence-electron chi connectivity index (χ1n) is 6.32. The van der Waals surface area contributed by atoms with Crippen LogP contribution in [0.3, 0.4) is 0 Å². The van der Waals surface area contributed by atoms with Gasteiger partial charge in [0, 0.05) is 0 Å². The van der Waals surface area contributed by atoms with E-state index in [1.165, 1.54) is 64.5 Å². The molecule has 0 aliphatic rings. The molecule has 0 atom stereocenters. The molecule has 0 saturated carbocycles. The summed E-state index contributed by atoms with van der Waals surface area (Å²) in [5.74, 6) is 0. The van der Waals surface area contributed by atoms with Crippen LogP contribution >= 0.6 is 0 Å². The van der Waals surface area contributed by atoms with E-state index in [2.05, 4.69) is 12.2 Å². The van der Waals surface area contributed by atoms with Crippen LogP contribution in [0, 0.1) is 0 Å². The summed E-state index contributed by atoms with van der Waals surface area (Å²) >= 11 is 0. The molecule has 86 valence electrons. The Bertz CT molecular complexity index is 82.3. The summed E-state index contributed by atoms with van der Waals surface area (Å²) in [7, 11) is 0. The van der Waals surface area contributed by atoms with Crippen molar-refractivity contribution in [1.29, 1.82) is 0 Å². The monoisotopic (exact) mass is 200 g/mol. The van der Waals surface area contributed by atoms with Gasteiger partial charge in [-0.25, -0.2) is 0 Å². The van der Waals surface area contributed by atoms with Gasteiger partial charge in [0.05, 0.1) is 0 Å². The third-order valence-corrected chi connectivity index (χ3v) is 2.51. The van der Waals surface area contributed by atoms with Gasteiger partial charge in [-0.1, -0.05) is 39.0 Å². The number of hydrogen-bond acceptors (Lipinski definition) is 2. The molecule has 0 amide bonds. The van der Waals surface area contributed by atoms with E-state index in [1.54, 1.807) is 0 Å². The van der Waals surface area contributed by atoms with Gasteiger partial charge in [0.25, 0.3) is 0 Å². The Morgan fingerprint density at radius 3 is 1.93 bits per heavy atom. The molecule has 2 heteroatoms. The summed E-state index contributed by atoms with van der Waals surface area (Å²) < 4.78 is 0. The van der Waals surface area contributed by atoms with E-state index in [1.807, 2.05) is 0 Å². The molecule has 0 bridgehead atoms. The third-order valence-electron chi connectivity index (χ3n) is 2.51. The van der Waals surface area contributed by atoms with Crippen molar-refractivity contribution in [2.24, 2.45) is 5.73 Å². The van der Waals surface area contributed by atoms with E-state index in [9.17, 15) is 0 Å². The molecule has 14 heavy (non-hydrogen) atoms. The minimum absolute atomic E-state index is 0.844. The maximum atomic E-state index is 5.42. The van der Waals surface area contributed by atoms with Gasteiger partial charge in [-0.15, -0.1) is 0 Å². The van der Waals surface area contributed by atoms with Gasteiger partial charge in [0.15, 0.2) is 0 Å². The van der Waals surface area contributed by atoms with Gasteiger partial charge in [-0.2, -0.15) is 0 Å². The van der Waals surface area contributed by atoms with E-state index < -0.39 is 0 Å². The quantitative estimate of drug-likeness (QED) is 0.503. The summed E-state index contributed by atoms with van der Waals surface area (Å²) in [6, 6.07) is 0. The van der Waals surface area contributed by atoms with Crippen LogP contribution in [-0.4, -0.2) is 19.6 Å². The van der Waals surface area contributed by atoms with Gasteiger partial charge >= 0.3 is 0 Å². The SMILES string of the molecule is CCCCCCCNCCCCCN. The van der Waals surface area contributed by atoms with E-state index >= 15 is 0 Å². The molecule has 0 aliphatic heterocycles. The van der Waals surface area contributed by atoms with Crippen molar-refractivity contribution in [3.8, 4) is 0 Å². The third kappa shape index (κ3) is 11.9. The molecule has 0 heterocycles. The van der Waals surface area contributed by atoms with Crippen LogP contribution in [0.15, 0.2) is 0 Å². The zero-order valence-electron chi connectivity index (χ0n) is 9.86. The Balaban J connectivity index is 2.78. The first kappa shape index (κ1) is 13.9. The lowest BCUT2D eigenvalue weighted by atomic mass is 10.1. The molecule has 0 aromatic rings. The van der Waals surface area contributed by atoms with Crippen molar-refractivity contribution in [2.45, 2.75) is 58.3 Å². The van der Waals surface area contributed by atoms with Crippen LogP contribution in [0.2, 0.25) is 0 Å². The lowest BCUT2D eigenvalue weighted by molar-refractivity contribution is 0.561. The first-order valence-corrected chi connectivity index (χ1v) is 6.32. The van der Waals surface area contributed by atoms with Crippen molar-refractivity contribution < 1.29 is 0 Å². The maximum absolute atomic E-state index is 5.42. The summed E-state index contributed by atoms with van der Waals surface area (Å²) in [5.41, 5.74) is 5.42. The Morgan fingerprint density at radius 1 is 0.786 bits per heavy atom. The molecular formula is C12H28N2. The molecule has 0 aromatic carbocycles. The Kier molecular flexibility index (Phi) is 12.8. The molecule has 0 spiro atoms. The van der Waals surface area contributed by atoms with Crippen LogP contribution in [0.25, 0.3) is 0 Å². The van der Waals surface area contributed by atoms with Gasteiger partial charge in [-0.05, 0) is 38.9 Å². The topological polar surface area (TPSA) is 38.0 Å². The predicted molar refractivity (Wildman–Crippen MR) is 64.5 cm³/mol. The fraction of sp³-hybridized carbons (Fsp3) is 1.00. The fourth-order valence-electron chi connectivity index (χ4n) is 1.55. The molecule has 3 N–H and O–H groups in total. The zero-order valence-corrected chi connectivity index (χ0v) is 9.86. The lowest BCUT2D eigenvalue weighted by Crippen LogP contribution is -2.16. The van der Waals surface area contributed by atoms with E-state index in [-0.39, 0.29) is 0 Å². The number of nitrogens with two attached hydrogens (primary N) is 1. The fourth-order valence-corrected chi connectivity index (χ4v) is 1.55. The van der Waals surface area contributed by atoms with Crippen LogP contribution in [0.4, 0.5) is 0 Å². The molecule has 0 rings (SSSR count). The highest BCUT2D eigenvalue weighted by Crippen LogP contribution is 2.01. The second-order valence-electron chi connectivity index (χ2n) is 4.01. The van der Waals surface area contributed by atoms with Crippen molar-refractivity contribution in [3.05, 3.63) is 0 Å². The van der Waals surface area contributed by atoms with E-state index in [0.29, 0.717) is 0 Å². The average molecular weight is 200 g/mol. The minimum atomic E-state index is 0.844. The van der Waals surface area contributed by atoms with Crippen LogP contribution < -0.4 is 11.1 Å². The van der Waals surface area contributed by atoms with Gasteiger partial charge in [0.2, 0.25) is 0 Å². The van der Waals surface area contributed by atoms with Crippen LogP contribution in [-0.2, 0) is 0 Å². The molecule has 2 nitrogen and oxygen atoms in total. The van der Waals surface area contributed by atoms with Gasteiger partial charge in [-0.3, -0.25) is 0 Å². The summed E-state index contributed by atoms with van der Waals surface area (Å²) in [5, 5.41) is 3.48. The van der Waals surface area contributed by atoms with Crippen LogP contribution in [0.1, 0.15) is 58.3 Å². The normalized spacial score (nSPS) is 10.7. The number of nitrogens with one attached hydrogen (secondary N) is 1. The number of rotatable bonds is 11. The van der Waals surface area contributed by atoms with Gasteiger partial charge in [0.1, 0.15) is 0 Å². The first-order chi connectivity index (χ1) is 6.91. The lowest BCUT2D eigenvalue weighted by Gasteiger charge is -2.03. The molecule has 0 radical (unpaired) electrons. The Labute approximate surface area is 89.6 Å². The van der Waals surface area contributed by atoms with Crippen molar-refractivity contribution in [3.63, 3.8) is 0 Å². The van der Waals surface area contributed by atoms with E-state index in [4.69, 9.17) is 5.73 Å². The van der Waals surface area contributed by atoms with E-state index in [0.717, 1.165) is 6.54 Å². The van der Waals surface area contributed by atoms with Crippen LogP contribution in [0.5, 0.6) is 0 Å². The highest BCUT2D eigenvalue weighted by Gasteiger charge is 1.90. The average Bonchev–Trinajstić information content (AvgIpc) is 2.21. The number of hydrogen-bond donors (Lipinski definition) is 2. The molecular weight excluding hydrogens is 172 g/mol. The minimum Gasteiger partial charge on any atom is -0.330 e. The summed E-state index contributed by atoms with van der Waals surface area (Å²) in [6.45, 7) is 5.48. The second kappa shape index (κ2) is 12.9. The highest BCUT2D eigenvalue weighted by molar-refractivity contribution is 4.50. The van der Waals surface area contributed by atoms with Gasteiger partial charge < -0.3 is 11.1 Å². The molecule has 0 aliphatic carbocycles. The summed E-state index contributed by atoms with van der Waals surface area (Å²) in [4.78, 5) is 0. The van der Waals surface area contributed by atoms with Crippen molar-refractivity contribution in [2.75, 3.05) is 19.6 Å². The Hall–Kier alpha value is -0.0800. The van der Waals surface area contributed by atoms with Crippen molar-refractivity contribution >= 4 is 0 Å². The second-order valence-corrected chi connectivity index (χ2v) is 4.01. The predicted octanol–water partition coefficient (Wildman–Crippen LogP) is 2.68. The zero-order chi connectivity index (χ0) is 10.5. The van der Waals surface area contributed by atoms with Crippen molar-refractivity contribution in [1.82, 2.24) is 5.32 Å². The summed E-state index contributed by atoms with van der Waals surface area (Å²) in [6.07, 6.45) is 10.6. The molecule has 0 saturated heterocycles. The maximum Gasteiger partial charge on any atom is -0.00489 e. The molecule has 0 unspecified atom stereocenters. The largest absolute Gasteiger partial charge is 0.330 e. The molecule has 0 fully saturated rings. The standard InChI is InChI=1S/C12H28N2/c1-2-3-4-5-8-11-14-12-9-6-7-10-13/h14H,2-13H2,1H3. The highest BCUT2D eigenvalue weighted by atomic mass is 14.8.